The highest BCUT2D eigenvalue weighted by Crippen LogP contribution is 2.49. The average Bonchev–Trinajstić information content (AvgIpc) is 3.90. The van der Waals surface area contributed by atoms with E-state index >= 15 is 0 Å². The topological polar surface area (TPSA) is 48.0 Å². The van der Waals surface area contributed by atoms with E-state index in [1.54, 1.807) is 0 Å². The summed E-state index contributed by atoms with van der Waals surface area (Å²) < 4.78 is 4.65. The van der Waals surface area contributed by atoms with Crippen LogP contribution in [0.1, 0.15) is 40.5 Å². The molecule has 67 heavy (non-hydrogen) atoms. The second-order valence-electron chi connectivity index (χ2n) is 18.3. The highest BCUT2D eigenvalue weighted by Gasteiger charge is 2.37. The Morgan fingerprint density at radius 1 is 0.448 bits per heavy atom. The van der Waals surface area contributed by atoms with Gasteiger partial charge in [0.1, 0.15) is 5.82 Å². The summed E-state index contributed by atoms with van der Waals surface area (Å²) in [5, 5.41) is 7.26. The molecule has 2 atom stereocenters. The lowest BCUT2D eigenvalue weighted by molar-refractivity contribution is 0.645. The molecule has 5 nitrogen and oxygen atoms in total. The first-order chi connectivity index (χ1) is 33.2. The molecule has 2 aliphatic rings. The van der Waals surface area contributed by atoms with E-state index in [1.807, 2.05) is 0 Å². The van der Waals surface area contributed by atoms with Crippen molar-refractivity contribution in [2.45, 2.75) is 31.1 Å². The number of nitrogens with zero attached hydrogens (tertiary/aromatic N) is 5. The minimum Gasteiger partial charge on any atom is -0.309 e. The van der Waals surface area contributed by atoms with Crippen LogP contribution < -0.4 is 0 Å². The third-order valence-corrected chi connectivity index (χ3v) is 14.5. The van der Waals surface area contributed by atoms with Crippen LogP contribution >= 0.6 is 0 Å². The monoisotopic (exact) mass is 857 g/mol. The van der Waals surface area contributed by atoms with E-state index in [4.69, 9.17) is 15.0 Å². The summed E-state index contributed by atoms with van der Waals surface area (Å²) in [6.45, 7) is 0. The van der Waals surface area contributed by atoms with Gasteiger partial charge in [-0.15, -0.1) is 0 Å². The molecular formula is C62H43N5. The Labute approximate surface area is 388 Å². The molecule has 3 aromatic heterocycles. The molecule has 0 saturated carbocycles. The molecule has 4 heterocycles. The normalized spacial score (nSPS) is 15.5. The zero-order valence-electron chi connectivity index (χ0n) is 36.7. The molecule has 0 saturated heterocycles. The summed E-state index contributed by atoms with van der Waals surface area (Å²) in [6, 6.07) is 77.1. The molecule has 5 heteroatoms. The van der Waals surface area contributed by atoms with Gasteiger partial charge in [-0.2, -0.15) is 0 Å². The van der Waals surface area contributed by atoms with Crippen LogP contribution in [-0.2, 0) is 12.8 Å². The number of para-hydroxylation sites is 3. The maximum absolute atomic E-state index is 5.74. The van der Waals surface area contributed by atoms with Crippen LogP contribution in [0.3, 0.4) is 0 Å². The van der Waals surface area contributed by atoms with Gasteiger partial charge in [-0.1, -0.05) is 170 Å². The Morgan fingerprint density at radius 3 is 1.97 bits per heavy atom. The van der Waals surface area contributed by atoms with E-state index in [0.717, 1.165) is 52.8 Å². The third-order valence-electron chi connectivity index (χ3n) is 14.5. The predicted molar refractivity (Wildman–Crippen MR) is 277 cm³/mol. The van der Waals surface area contributed by atoms with E-state index in [9.17, 15) is 0 Å². The Bertz CT molecular complexity index is 3970. The van der Waals surface area contributed by atoms with Gasteiger partial charge in [0.2, 0.25) is 5.95 Å². The molecule has 2 unspecified atom stereocenters. The van der Waals surface area contributed by atoms with E-state index in [1.165, 1.54) is 82.7 Å². The minimum absolute atomic E-state index is 0.169. The lowest BCUT2D eigenvalue weighted by Gasteiger charge is -2.36. The largest absolute Gasteiger partial charge is 0.309 e. The second kappa shape index (κ2) is 15.1. The number of aliphatic imine (C=N–C) groups is 1. The number of aromatic nitrogens is 4. The number of hydrogen-bond donors (Lipinski definition) is 0. The van der Waals surface area contributed by atoms with E-state index in [-0.39, 0.29) is 11.8 Å². The lowest BCUT2D eigenvalue weighted by Crippen LogP contribution is -2.28. The molecular weight excluding hydrogens is 815 g/mol. The van der Waals surface area contributed by atoms with Crippen molar-refractivity contribution in [1.82, 2.24) is 19.1 Å². The molecule has 0 amide bonds. The Morgan fingerprint density at radius 2 is 1.12 bits per heavy atom. The summed E-state index contributed by atoms with van der Waals surface area (Å²) in [5.74, 6) is 2.03. The number of rotatable bonds is 6. The zero-order chi connectivity index (χ0) is 44.0. The first kappa shape index (κ1) is 37.9. The molecule has 0 N–H and O–H groups in total. The quantitative estimate of drug-likeness (QED) is 0.167. The fraction of sp³-hybridized carbons (Fsp3) is 0.0806. The SMILES string of the molecule is c1ccc(CC2CC3=Nc4c(c5ccccc5n4-c4nc(-c5ccccc5)c5ccccc5n4)CC3c3ccc(-c4ccc5c(c4)c4ccccc4n5-c4ccc5ccccc5c4)cc32)cc1. The summed E-state index contributed by atoms with van der Waals surface area (Å²) in [4.78, 5) is 16.4. The van der Waals surface area contributed by atoms with Crippen LogP contribution in [0.4, 0.5) is 5.82 Å². The van der Waals surface area contributed by atoms with Gasteiger partial charge in [0.15, 0.2) is 0 Å². The lowest BCUT2D eigenvalue weighted by atomic mass is 9.70. The Kier molecular flexibility index (Phi) is 8.53. The van der Waals surface area contributed by atoms with Crippen LogP contribution in [0.5, 0.6) is 0 Å². The summed E-state index contributed by atoms with van der Waals surface area (Å²) in [6.07, 6.45) is 2.68. The van der Waals surface area contributed by atoms with Crippen molar-refractivity contribution >= 4 is 65.9 Å². The van der Waals surface area contributed by atoms with Crippen LogP contribution in [-0.4, -0.2) is 24.8 Å². The zero-order valence-corrected chi connectivity index (χ0v) is 36.7. The van der Waals surface area contributed by atoms with E-state index < -0.39 is 0 Å². The fourth-order valence-electron chi connectivity index (χ4n) is 11.4. The van der Waals surface area contributed by atoms with Gasteiger partial charge in [0.25, 0.3) is 0 Å². The highest BCUT2D eigenvalue weighted by molar-refractivity contribution is 6.11. The van der Waals surface area contributed by atoms with Gasteiger partial charge in [-0.3, -0.25) is 4.57 Å². The Balaban J connectivity index is 0.908. The van der Waals surface area contributed by atoms with Crippen molar-refractivity contribution in [1.29, 1.82) is 0 Å². The van der Waals surface area contributed by atoms with Gasteiger partial charge in [-0.05, 0) is 106 Å². The number of benzene rings is 9. The maximum Gasteiger partial charge on any atom is 0.237 e. The summed E-state index contributed by atoms with van der Waals surface area (Å²) in [7, 11) is 0. The van der Waals surface area contributed by atoms with Crippen molar-refractivity contribution in [2.24, 2.45) is 4.99 Å². The minimum atomic E-state index is 0.169. The van der Waals surface area contributed by atoms with Gasteiger partial charge < -0.3 is 4.57 Å². The van der Waals surface area contributed by atoms with Gasteiger partial charge in [0, 0.05) is 50.0 Å². The molecule has 316 valence electrons. The first-order valence-corrected chi connectivity index (χ1v) is 23.4. The maximum atomic E-state index is 5.74. The predicted octanol–water partition coefficient (Wildman–Crippen LogP) is 15.3. The molecule has 1 aliphatic heterocycles. The third kappa shape index (κ3) is 6.12. The molecule has 0 spiro atoms. The number of hydrogen-bond acceptors (Lipinski definition) is 3. The van der Waals surface area contributed by atoms with Gasteiger partial charge in [0.05, 0.1) is 27.8 Å². The van der Waals surface area contributed by atoms with E-state index in [0.29, 0.717) is 5.95 Å². The summed E-state index contributed by atoms with van der Waals surface area (Å²) in [5.41, 5.74) is 16.7. The smallest absolute Gasteiger partial charge is 0.237 e. The number of fused-ring (bicyclic) bond motifs is 11. The van der Waals surface area contributed by atoms with Crippen molar-refractivity contribution in [2.75, 3.05) is 0 Å². The van der Waals surface area contributed by atoms with Crippen molar-refractivity contribution in [3.8, 4) is 34.0 Å². The Hall–Kier alpha value is -8.41. The molecule has 0 fully saturated rings. The van der Waals surface area contributed by atoms with Crippen molar-refractivity contribution in [3.05, 3.63) is 235 Å². The van der Waals surface area contributed by atoms with Gasteiger partial charge in [-0.25, -0.2) is 15.0 Å². The van der Waals surface area contributed by atoms with Crippen LogP contribution in [0, 0.1) is 0 Å². The summed E-state index contributed by atoms with van der Waals surface area (Å²) >= 11 is 0. The standard InChI is InChI=1S/C62H43N5/c1-3-15-39(16-4-1)33-45-37-56-52(38-54-49-22-11-14-26-58(49)67(61(54)63-56)62-64-55-24-12-9-23-50(55)60(65-62)41-18-5-2-6-19-41)47-31-28-43(35-51(45)47)44-29-32-59-53(36-44)48-21-10-13-25-57(48)66(59)46-30-27-40-17-7-8-20-42(40)34-46/h1-32,34-36,45,52H,33,37-38H2. The van der Waals surface area contributed by atoms with Crippen molar-refractivity contribution in [3.63, 3.8) is 0 Å². The molecule has 1 aliphatic carbocycles. The van der Waals surface area contributed by atoms with E-state index in [2.05, 4.69) is 221 Å². The first-order valence-electron chi connectivity index (χ1n) is 23.4. The highest BCUT2D eigenvalue weighted by atomic mass is 15.2. The van der Waals surface area contributed by atoms with Crippen LogP contribution in [0.15, 0.2) is 217 Å². The van der Waals surface area contributed by atoms with Gasteiger partial charge >= 0.3 is 0 Å². The molecule has 9 aromatic carbocycles. The van der Waals surface area contributed by atoms with Crippen LogP contribution in [0.25, 0.3) is 88.4 Å². The second-order valence-corrected chi connectivity index (χ2v) is 18.3. The average molecular weight is 858 g/mol. The molecule has 14 rings (SSSR count). The van der Waals surface area contributed by atoms with Crippen molar-refractivity contribution < 1.29 is 0 Å². The molecule has 0 bridgehead atoms. The molecule has 12 aromatic rings. The molecule has 0 radical (unpaired) electrons. The van der Waals surface area contributed by atoms with Crippen LogP contribution in [0.2, 0.25) is 0 Å². The fourth-order valence-corrected chi connectivity index (χ4v) is 11.4.